The zero-order valence-electron chi connectivity index (χ0n) is 9.75. The number of hydrogen-bond acceptors (Lipinski definition) is 4. The van der Waals surface area contributed by atoms with E-state index in [0.717, 1.165) is 15.9 Å². The minimum Gasteiger partial charge on any atom is -0.387 e. The van der Waals surface area contributed by atoms with Crippen molar-refractivity contribution in [3.63, 3.8) is 0 Å². The molecule has 16 heavy (non-hydrogen) atoms. The van der Waals surface area contributed by atoms with Gasteiger partial charge >= 0.3 is 0 Å². The van der Waals surface area contributed by atoms with E-state index in [9.17, 15) is 5.11 Å². The Morgan fingerprint density at radius 3 is 2.88 bits per heavy atom. The molecule has 0 aliphatic carbocycles. The van der Waals surface area contributed by atoms with E-state index in [1.165, 1.54) is 0 Å². The third-order valence-electron chi connectivity index (χ3n) is 2.14. The smallest absolute Gasteiger partial charge is 0.129 e. The van der Waals surface area contributed by atoms with Crippen molar-refractivity contribution >= 4 is 33.5 Å². The molecule has 0 saturated heterocycles. The normalized spacial score (nSPS) is 14.6. The minimum atomic E-state index is -0.708. The number of anilines is 1. The first-order chi connectivity index (χ1) is 7.44. The fourth-order valence-electron chi connectivity index (χ4n) is 1.36. The van der Waals surface area contributed by atoms with Gasteiger partial charge in [-0.3, -0.25) is 0 Å². The first-order valence-electron chi connectivity index (χ1n) is 5.02. The van der Waals surface area contributed by atoms with Gasteiger partial charge in [0.05, 0.1) is 5.60 Å². The second kappa shape index (κ2) is 5.89. The lowest BCUT2D eigenvalue weighted by Gasteiger charge is -2.23. The van der Waals surface area contributed by atoms with Crippen LogP contribution in [0.5, 0.6) is 0 Å². The van der Waals surface area contributed by atoms with Crippen LogP contribution < -0.4 is 5.32 Å². The van der Waals surface area contributed by atoms with E-state index >= 15 is 0 Å². The van der Waals surface area contributed by atoms with Crippen molar-refractivity contribution in [2.45, 2.75) is 19.4 Å². The zero-order chi connectivity index (χ0) is 12.2. The van der Waals surface area contributed by atoms with Crippen LogP contribution in [0.25, 0.3) is 0 Å². The summed E-state index contributed by atoms with van der Waals surface area (Å²) in [6, 6.07) is 2.00. The van der Waals surface area contributed by atoms with Gasteiger partial charge in [0.25, 0.3) is 0 Å². The molecule has 1 rings (SSSR count). The summed E-state index contributed by atoms with van der Waals surface area (Å²) < 4.78 is 0.964. The molecule has 90 valence electrons. The lowest BCUT2D eigenvalue weighted by molar-refractivity contribution is 0.0996. The number of nitrogens with zero attached hydrogens (tertiary/aromatic N) is 1. The minimum absolute atomic E-state index is 0.503. The highest BCUT2D eigenvalue weighted by Gasteiger charge is 2.19. The Labute approximate surface area is 109 Å². The lowest BCUT2D eigenvalue weighted by Crippen LogP contribution is -2.36. The molecule has 0 saturated carbocycles. The van der Waals surface area contributed by atoms with Crippen LogP contribution in [0.15, 0.2) is 16.7 Å². The molecular formula is C11H17BrN2OS. The summed E-state index contributed by atoms with van der Waals surface area (Å²) in [6.07, 6.45) is 3.73. The van der Waals surface area contributed by atoms with Crippen LogP contribution in [-0.2, 0) is 0 Å². The fraction of sp³-hybridized carbons (Fsp3) is 0.545. The van der Waals surface area contributed by atoms with Crippen molar-refractivity contribution in [3.8, 4) is 0 Å². The average Bonchev–Trinajstić information content (AvgIpc) is 2.16. The predicted molar refractivity (Wildman–Crippen MR) is 74.2 cm³/mol. The lowest BCUT2D eigenvalue weighted by atomic mass is 10.1. The maximum absolute atomic E-state index is 10.0. The van der Waals surface area contributed by atoms with E-state index in [1.54, 1.807) is 18.0 Å². The SMILES string of the molecule is CSCC(C)(O)CNc1ncc(Br)cc1C. The number of halogens is 1. The van der Waals surface area contributed by atoms with Crippen LogP contribution in [0.3, 0.4) is 0 Å². The van der Waals surface area contributed by atoms with Gasteiger partial charge in [-0.05, 0) is 47.7 Å². The van der Waals surface area contributed by atoms with Gasteiger partial charge in [0, 0.05) is 23.0 Å². The molecule has 1 unspecified atom stereocenters. The molecule has 5 heteroatoms. The highest BCUT2D eigenvalue weighted by Crippen LogP contribution is 2.18. The quantitative estimate of drug-likeness (QED) is 0.878. The van der Waals surface area contributed by atoms with Crippen LogP contribution in [-0.4, -0.2) is 34.2 Å². The molecule has 1 atom stereocenters. The molecule has 3 nitrogen and oxygen atoms in total. The van der Waals surface area contributed by atoms with Gasteiger partial charge in [-0.2, -0.15) is 11.8 Å². The molecule has 0 aliphatic rings. The van der Waals surface area contributed by atoms with Gasteiger partial charge in [-0.25, -0.2) is 4.98 Å². The zero-order valence-corrected chi connectivity index (χ0v) is 12.2. The number of aliphatic hydroxyl groups is 1. The van der Waals surface area contributed by atoms with E-state index in [2.05, 4.69) is 26.2 Å². The average molecular weight is 305 g/mol. The number of hydrogen-bond donors (Lipinski definition) is 2. The van der Waals surface area contributed by atoms with Crippen molar-refractivity contribution < 1.29 is 5.11 Å². The van der Waals surface area contributed by atoms with Crippen molar-refractivity contribution in [3.05, 3.63) is 22.3 Å². The predicted octanol–water partition coefficient (Wildman–Crippen LogP) is 2.68. The highest BCUT2D eigenvalue weighted by molar-refractivity contribution is 9.10. The first kappa shape index (κ1) is 13.8. The van der Waals surface area contributed by atoms with Crippen LogP contribution >= 0.6 is 27.7 Å². The number of aryl methyl sites for hydroxylation is 1. The maximum Gasteiger partial charge on any atom is 0.129 e. The summed E-state index contributed by atoms with van der Waals surface area (Å²) in [7, 11) is 0. The molecule has 2 N–H and O–H groups in total. The van der Waals surface area contributed by atoms with Gasteiger partial charge in [0.1, 0.15) is 5.82 Å². The Hall–Kier alpha value is -0.260. The molecule has 1 aromatic rings. The summed E-state index contributed by atoms with van der Waals surface area (Å²) in [4.78, 5) is 4.27. The van der Waals surface area contributed by atoms with Crippen molar-refractivity contribution in [1.82, 2.24) is 4.98 Å². The monoisotopic (exact) mass is 304 g/mol. The topological polar surface area (TPSA) is 45.1 Å². The molecule has 0 amide bonds. The summed E-state index contributed by atoms with van der Waals surface area (Å²) in [6.45, 7) is 4.32. The molecule has 1 aromatic heterocycles. The van der Waals surface area contributed by atoms with Crippen molar-refractivity contribution in [1.29, 1.82) is 0 Å². The van der Waals surface area contributed by atoms with Gasteiger partial charge in [-0.15, -0.1) is 0 Å². The molecule has 0 aliphatic heterocycles. The van der Waals surface area contributed by atoms with E-state index in [0.29, 0.717) is 12.3 Å². The third-order valence-corrected chi connectivity index (χ3v) is 3.48. The van der Waals surface area contributed by atoms with E-state index in [-0.39, 0.29) is 0 Å². The van der Waals surface area contributed by atoms with Gasteiger partial charge < -0.3 is 10.4 Å². The molecule has 1 heterocycles. The Morgan fingerprint density at radius 2 is 2.31 bits per heavy atom. The number of pyridine rings is 1. The standard InChI is InChI=1S/C11H17BrN2OS/c1-8-4-9(12)5-13-10(8)14-6-11(2,15)7-16-3/h4-5,15H,6-7H2,1-3H3,(H,13,14). The summed E-state index contributed by atoms with van der Waals surface area (Å²) in [5.41, 5.74) is 0.356. The summed E-state index contributed by atoms with van der Waals surface area (Å²) in [5, 5.41) is 13.2. The second-order valence-corrected chi connectivity index (χ2v) is 5.88. The number of thioether (sulfide) groups is 1. The van der Waals surface area contributed by atoms with Gasteiger partial charge in [0.2, 0.25) is 0 Å². The number of nitrogens with one attached hydrogen (secondary N) is 1. The van der Waals surface area contributed by atoms with E-state index in [4.69, 9.17) is 0 Å². The largest absolute Gasteiger partial charge is 0.387 e. The maximum atomic E-state index is 10.0. The van der Waals surface area contributed by atoms with Crippen molar-refractivity contribution in [2.75, 3.05) is 23.9 Å². The number of rotatable bonds is 5. The molecular weight excluding hydrogens is 288 g/mol. The summed E-state index contributed by atoms with van der Waals surface area (Å²) in [5.74, 6) is 1.53. The number of aromatic nitrogens is 1. The van der Waals surface area contributed by atoms with Crippen LogP contribution in [0, 0.1) is 6.92 Å². The first-order valence-corrected chi connectivity index (χ1v) is 7.20. The van der Waals surface area contributed by atoms with E-state index < -0.39 is 5.60 Å². The van der Waals surface area contributed by atoms with Gasteiger partial charge in [-0.1, -0.05) is 0 Å². The Balaban J connectivity index is 2.61. The Bertz CT molecular complexity index is 358. The van der Waals surface area contributed by atoms with Crippen LogP contribution in [0.2, 0.25) is 0 Å². The van der Waals surface area contributed by atoms with Crippen molar-refractivity contribution in [2.24, 2.45) is 0 Å². The molecule has 0 spiro atoms. The Morgan fingerprint density at radius 1 is 1.62 bits per heavy atom. The van der Waals surface area contributed by atoms with Gasteiger partial charge in [0.15, 0.2) is 0 Å². The van der Waals surface area contributed by atoms with E-state index in [1.807, 2.05) is 26.2 Å². The third kappa shape index (κ3) is 4.31. The fourth-order valence-corrected chi connectivity index (χ4v) is 2.53. The second-order valence-electron chi connectivity index (χ2n) is 4.10. The highest BCUT2D eigenvalue weighted by atomic mass is 79.9. The molecule has 0 radical (unpaired) electrons. The molecule has 0 bridgehead atoms. The van der Waals surface area contributed by atoms with Crippen LogP contribution in [0.4, 0.5) is 5.82 Å². The molecule has 0 fully saturated rings. The Kier molecular flexibility index (Phi) is 5.08. The molecule has 0 aromatic carbocycles. The summed E-state index contributed by atoms with van der Waals surface area (Å²) >= 11 is 5.00. The van der Waals surface area contributed by atoms with Crippen LogP contribution in [0.1, 0.15) is 12.5 Å².